The Morgan fingerprint density at radius 3 is 2.41 bits per heavy atom. The number of nitrogens with one attached hydrogen (secondary N) is 2. The van der Waals surface area contributed by atoms with Gasteiger partial charge in [-0.15, -0.1) is 0 Å². The van der Waals surface area contributed by atoms with Gasteiger partial charge in [0.1, 0.15) is 0 Å². The summed E-state index contributed by atoms with van der Waals surface area (Å²) in [6.45, 7) is 5.59. The van der Waals surface area contributed by atoms with Gasteiger partial charge in [-0.25, -0.2) is 0 Å². The van der Waals surface area contributed by atoms with Crippen LogP contribution in [-0.2, 0) is 16.1 Å². The molecule has 3 heterocycles. The first-order chi connectivity index (χ1) is 16.7. The first-order valence-electron chi connectivity index (χ1n) is 12.6. The number of nitrogens with zero attached hydrogens (tertiary/aromatic N) is 3. The van der Waals surface area contributed by atoms with Crippen LogP contribution in [0.4, 0.5) is 5.69 Å². The van der Waals surface area contributed by atoms with Gasteiger partial charge in [-0.05, 0) is 30.5 Å². The summed E-state index contributed by atoms with van der Waals surface area (Å²) in [6.07, 6.45) is 2.15. The fraction of sp³-hybridized carbons (Fsp3) is 0.481. The van der Waals surface area contributed by atoms with Crippen molar-refractivity contribution in [3.63, 3.8) is 0 Å². The largest absolute Gasteiger partial charge is 0.368 e. The van der Waals surface area contributed by atoms with E-state index in [1.807, 2.05) is 17.0 Å². The van der Waals surface area contributed by atoms with Crippen molar-refractivity contribution in [3.8, 4) is 0 Å². The molecule has 2 aromatic rings. The highest BCUT2D eigenvalue weighted by atomic mass is 16.2. The minimum Gasteiger partial charge on any atom is -0.368 e. The van der Waals surface area contributed by atoms with E-state index >= 15 is 0 Å². The minimum absolute atomic E-state index is 0.0865. The number of hydrogen-bond donors (Lipinski definition) is 2. The molecule has 3 saturated heterocycles. The van der Waals surface area contributed by atoms with Crippen LogP contribution in [0.2, 0.25) is 0 Å². The van der Waals surface area contributed by atoms with Gasteiger partial charge in [-0.2, -0.15) is 0 Å². The normalized spacial score (nSPS) is 25.2. The monoisotopic (exact) mass is 461 g/mol. The second-order valence-corrected chi connectivity index (χ2v) is 9.65. The molecule has 0 unspecified atom stereocenters. The van der Waals surface area contributed by atoms with Crippen molar-refractivity contribution < 1.29 is 9.59 Å². The summed E-state index contributed by atoms with van der Waals surface area (Å²) in [5.74, 6) is 0.364. The number of carbonyl (C=O) groups excluding carboxylic acids is 2. The molecule has 2 aromatic carbocycles. The molecule has 2 N–H and O–H groups in total. The fourth-order valence-electron chi connectivity index (χ4n) is 5.55. The highest BCUT2D eigenvalue weighted by Gasteiger charge is 2.43. The molecule has 34 heavy (non-hydrogen) atoms. The van der Waals surface area contributed by atoms with Crippen LogP contribution in [0.3, 0.4) is 0 Å². The summed E-state index contributed by atoms with van der Waals surface area (Å²) >= 11 is 0. The molecule has 0 aliphatic carbocycles. The number of fused-ring (bicyclic) bond motifs is 1. The second kappa shape index (κ2) is 10.6. The van der Waals surface area contributed by atoms with E-state index in [0.29, 0.717) is 19.0 Å². The maximum absolute atomic E-state index is 13.0. The highest BCUT2D eigenvalue weighted by molar-refractivity contribution is 5.83. The Kier molecular flexibility index (Phi) is 7.11. The summed E-state index contributed by atoms with van der Waals surface area (Å²) < 4.78 is 0. The average Bonchev–Trinajstić information content (AvgIpc) is 3.34. The zero-order valence-corrected chi connectivity index (χ0v) is 19.7. The number of carbonyl (C=O) groups is 2. The van der Waals surface area contributed by atoms with Gasteiger partial charge in [0.15, 0.2) is 0 Å². The smallest absolute Gasteiger partial charge is 0.237 e. The lowest BCUT2D eigenvalue weighted by molar-refractivity contribution is -0.132. The average molecular weight is 462 g/mol. The molecule has 2 amide bonds. The quantitative estimate of drug-likeness (QED) is 0.659. The first kappa shape index (κ1) is 22.9. The number of piperazine rings is 2. The van der Waals surface area contributed by atoms with Crippen LogP contribution in [-0.4, -0.2) is 79.0 Å². The molecule has 0 radical (unpaired) electrons. The summed E-state index contributed by atoms with van der Waals surface area (Å²) in [5.41, 5.74) is 2.48. The van der Waals surface area contributed by atoms with Crippen molar-refractivity contribution in [2.75, 3.05) is 44.2 Å². The van der Waals surface area contributed by atoms with Crippen LogP contribution in [0.25, 0.3) is 0 Å². The van der Waals surface area contributed by atoms with Crippen LogP contribution in [0.1, 0.15) is 24.8 Å². The third-order valence-electron chi connectivity index (χ3n) is 7.51. The molecule has 7 nitrogen and oxygen atoms in total. The molecule has 3 atom stereocenters. The SMILES string of the molecule is O=C1NC[C@@H](CCC(=O)N2CCN(c3ccccc3)CC2)N2C[C@H](NCc3ccccc3)C[C@H]12. The van der Waals surface area contributed by atoms with Gasteiger partial charge in [-0.1, -0.05) is 48.5 Å². The Labute approximate surface area is 202 Å². The van der Waals surface area contributed by atoms with E-state index in [-0.39, 0.29) is 23.9 Å². The van der Waals surface area contributed by atoms with Gasteiger partial charge in [0.2, 0.25) is 11.8 Å². The molecular formula is C27H35N5O2. The van der Waals surface area contributed by atoms with Gasteiger partial charge < -0.3 is 20.4 Å². The molecule has 0 saturated carbocycles. The fourth-order valence-corrected chi connectivity index (χ4v) is 5.55. The third-order valence-corrected chi connectivity index (χ3v) is 7.51. The van der Waals surface area contributed by atoms with Crippen molar-refractivity contribution in [2.45, 2.75) is 43.9 Å². The summed E-state index contributed by atoms with van der Waals surface area (Å²) in [7, 11) is 0. The Bertz CT molecular complexity index is 962. The van der Waals surface area contributed by atoms with Crippen molar-refractivity contribution in [2.24, 2.45) is 0 Å². The van der Waals surface area contributed by atoms with Crippen LogP contribution in [0.5, 0.6) is 0 Å². The first-order valence-corrected chi connectivity index (χ1v) is 12.6. The molecule has 3 aliphatic heterocycles. The zero-order valence-electron chi connectivity index (χ0n) is 19.7. The van der Waals surface area contributed by atoms with Crippen LogP contribution >= 0.6 is 0 Å². The minimum atomic E-state index is -0.0865. The van der Waals surface area contributed by atoms with E-state index in [2.05, 4.69) is 69.0 Å². The number of anilines is 1. The maximum Gasteiger partial charge on any atom is 0.237 e. The molecule has 0 spiro atoms. The molecule has 3 fully saturated rings. The van der Waals surface area contributed by atoms with Gasteiger partial charge in [-0.3, -0.25) is 14.5 Å². The van der Waals surface area contributed by atoms with E-state index in [0.717, 1.165) is 52.1 Å². The lowest BCUT2D eigenvalue weighted by atomic mass is 10.0. The van der Waals surface area contributed by atoms with E-state index < -0.39 is 0 Å². The lowest BCUT2D eigenvalue weighted by Crippen LogP contribution is -2.58. The van der Waals surface area contributed by atoms with Gasteiger partial charge in [0, 0.05) is 70.0 Å². The highest BCUT2D eigenvalue weighted by Crippen LogP contribution is 2.26. The van der Waals surface area contributed by atoms with Crippen molar-refractivity contribution >= 4 is 17.5 Å². The van der Waals surface area contributed by atoms with Crippen molar-refractivity contribution in [1.82, 2.24) is 20.4 Å². The van der Waals surface area contributed by atoms with Crippen LogP contribution in [0, 0.1) is 0 Å². The number of benzene rings is 2. The van der Waals surface area contributed by atoms with Crippen molar-refractivity contribution in [1.29, 1.82) is 0 Å². The number of para-hydroxylation sites is 1. The van der Waals surface area contributed by atoms with E-state index in [1.54, 1.807) is 0 Å². The Balaban J connectivity index is 1.10. The molecule has 3 aliphatic rings. The summed E-state index contributed by atoms with van der Waals surface area (Å²) in [6, 6.07) is 21.2. The molecule has 180 valence electrons. The number of amides is 2. The van der Waals surface area contributed by atoms with E-state index in [1.165, 1.54) is 11.3 Å². The number of hydrogen-bond acceptors (Lipinski definition) is 5. The predicted octanol–water partition coefficient (Wildman–Crippen LogP) is 1.85. The van der Waals surface area contributed by atoms with Crippen molar-refractivity contribution in [3.05, 3.63) is 66.2 Å². The standard InChI is InChI=1S/C27H35N5O2/c33-26(31-15-13-30(14-16-31)23-9-5-2-6-10-23)12-11-24-19-29-27(34)25-17-22(20-32(24)25)28-18-21-7-3-1-4-8-21/h1-10,22,24-25,28H,11-20H2,(H,29,34)/t22-,24-,25-/m1/s1. The summed E-state index contributed by atoms with van der Waals surface area (Å²) in [5, 5.41) is 6.71. The van der Waals surface area contributed by atoms with E-state index in [4.69, 9.17) is 0 Å². The topological polar surface area (TPSA) is 67.9 Å². The molecule has 0 aromatic heterocycles. The Morgan fingerprint density at radius 2 is 1.68 bits per heavy atom. The maximum atomic E-state index is 13.0. The molecular weight excluding hydrogens is 426 g/mol. The van der Waals surface area contributed by atoms with Gasteiger partial charge in [0.05, 0.1) is 6.04 Å². The van der Waals surface area contributed by atoms with Crippen LogP contribution in [0.15, 0.2) is 60.7 Å². The van der Waals surface area contributed by atoms with E-state index in [9.17, 15) is 9.59 Å². The molecule has 7 heteroatoms. The lowest BCUT2D eigenvalue weighted by Gasteiger charge is -2.38. The summed E-state index contributed by atoms with van der Waals surface area (Å²) in [4.78, 5) is 32.2. The Hall–Kier alpha value is -2.90. The zero-order chi connectivity index (χ0) is 23.3. The second-order valence-electron chi connectivity index (χ2n) is 9.65. The number of rotatable bonds is 7. The Morgan fingerprint density at radius 1 is 0.971 bits per heavy atom. The van der Waals surface area contributed by atoms with Gasteiger partial charge >= 0.3 is 0 Å². The van der Waals surface area contributed by atoms with Gasteiger partial charge in [0.25, 0.3) is 0 Å². The predicted molar refractivity (Wildman–Crippen MR) is 133 cm³/mol. The molecule has 0 bridgehead atoms. The molecule has 5 rings (SSSR count). The van der Waals surface area contributed by atoms with Crippen LogP contribution < -0.4 is 15.5 Å². The third kappa shape index (κ3) is 5.26.